The van der Waals surface area contributed by atoms with Gasteiger partial charge in [-0.15, -0.1) is 0 Å². The molecular formula is C16H17O2Si. The molecule has 0 aliphatic carbocycles. The van der Waals surface area contributed by atoms with Gasteiger partial charge in [-0.1, -0.05) is 66.3 Å². The van der Waals surface area contributed by atoms with Crippen LogP contribution >= 0.6 is 0 Å². The highest BCUT2D eigenvalue weighted by atomic mass is 28.3. The Kier molecular flexibility index (Phi) is 3.78. The standard InChI is InChI=1S/C16H17O2Si/c1-19(13-7-3-2-4-8-13)15-10-6-5-9-14(15)16-17-11-12-18-16/h2-10,16H,11-12H2,1H3. The van der Waals surface area contributed by atoms with Crippen molar-refractivity contribution in [2.45, 2.75) is 12.8 Å². The summed E-state index contributed by atoms with van der Waals surface area (Å²) in [5.41, 5.74) is 1.19. The van der Waals surface area contributed by atoms with E-state index < -0.39 is 8.80 Å². The lowest BCUT2D eigenvalue weighted by atomic mass is 10.2. The SMILES string of the molecule is C[Si](c1ccccc1)c1ccccc1C1OCCO1. The summed E-state index contributed by atoms with van der Waals surface area (Å²) in [6.07, 6.45) is -0.181. The van der Waals surface area contributed by atoms with Gasteiger partial charge in [-0.2, -0.15) is 0 Å². The third-order valence-electron chi connectivity index (χ3n) is 3.45. The van der Waals surface area contributed by atoms with E-state index in [0.717, 1.165) is 0 Å². The van der Waals surface area contributed by atoms with Crippen molar-refractivity contribution in [3.63, 3.8) is 0 Å². The van der Waals surface area contributed by atoms with E-state index in [1.807, 2.05) is 0 Å². The van der Waals surface area contributed by atoms with Gasteiger partial charge in [-0.25, -0.2) is 0 Å². The highest BCUT2D eigenvalue weighted by molar-refractivity contribution is 6.84. The lowest BCUT2D eigenvalue weighted by molar-refractivity contribution is -0.0433. The first-order valence-corrected chi connectivity index (χ1v) is 8.58. The first-order valence-electron chi connectivity index (χ1n) is 6.58. The van der Waals surface area contributed by atoms with Crippen LogP contribution in [0.1, 0.15) is 11.9 Å². The van der Waals surface area contributed by atoms with Gasteiger partial charge in [0.25, 0.3) is 0 Å². The monoisotopic (exact) mass is 269 g/mol. The first-order chi connectivity index (χ1) is 9.36. The molecule has 1 saturated heterocycles. The van der Waals surface area contributed by atoms with Gasteiger partial charge in [0.1, 0.15) is 8.80 Å². The zero-order valence-electron chi connectivity index (χ0n) is 11.0. The van der Waals surface area contributed by atoms with Gasteiger partial charge in [0.15, 0.2) is 6.29 Å². The Labute approximate surface area is 115 Å². The van der Waals surface area contributed by atoms with Crippen molar-refractivity contribution in [3.05, 3.63) is 60.2 Å². The Bertz CT molecular complexity index is 535. The number of rotatable bonds is 3. The maximum Gasteiger partial charge on any atom is 0.183 e. The largest absolute Gasteiger partial charge is 0.346 e. The summed E-state index contributed by atoms with van der Waals surface area (Å²) in [4.78, 5) is 0. The van der Waals surface area contributed by atoms with Crippen molar-refractivity contribution < 1.29 is 9.47 Å². The molecule has 0 saturated carbocycles. The van der Waals surface area contributed by atoms with Crippen LogP contribution in [0.5, 0.6) is 0 Å². The van der Waals surface area contributed by atoms with Crippen LogP contribution in [0.2, 0.25) is 6.55 Å². The van der Waals surface area contributed by atoms with Crippen LogP contribution in [0, 0.1) is 0 Å². The van der Waals surface area contributed by atoms with Crippen LogP contribution in [-0.2, 0) is 9.47 Å². The van der Waals surface area contributed by atoms with Crippen LogP contribution < -0.4 is 10.4 Å². The van der Waals surface area contributed by atoms with Crippen molar-refractivity contribution in [2.75, 3.05) is 13.2 Å². The predicted octanol–water partition coefficient (Wildman–Crippen LogP) is 1.97. The average molecular weight is 269 g/mol. The molecule has 0 spiro atoms. The van der Waals surface area contributed by atoms with Crippen LogP contribution in [0.4, 0.5) is 0 Å². The maximum absolute atomic E-state index is 5.66. The fraction of sp³-hybridized carbons (Fsp3) is 0.250. The van der Waals surface area contributed by atoms with Crippen molar-refractivity contribution in [2.24, 2.45) is 0 Å². The van der Waals surface area contributed by atoms with Gasteiger partial charge < -0.3 is 9.47 Å². The summed E-state index contributed by atoms with van der Waals surface area (Å²) in [6.45, 7) is 3.71. The Morgan fingerprint density at radius 3 is 2.26 bits per heavy atom. The zero-order valence-corrected chi connectivity index (χ0v) is 12.0. The first kappa shape index (κ1) is 12.6. The molecule has 0 atom stereocenters. The lowest BCUT2D eigenvalue weighted by Gasteiger charge is -2.18. The minimum absolute atomic E-state index is 0.181. The van der Waals surface area contributed by atoms with E-state index in [-0.39, 0.29) is 6.29 Å². The molecule has 3 rings (SSSR count). The van der Waals surface area contributed by atoms with Crippen molar-refractivity contribution in [1.82, 2.24) is 0 Å². The van der Waals surface area contributed by atoms with E-state index in [4.69, 9.17) is 9.47 Å². The number of ether oxygens (including phenoxy) is 2. The lowest BCUT2D eigenvalue weighted by Crippen LogP contribution is -2.41. The van der Waals surface area contributed by atoms with E-state index in [1.165, 1.54) is 15.9 Å². The molecule has 3 heteroatoms. The van der Waals surface area contributed by atoms with Gasteiger partial charge in [-0.3, -0.25) is 0 Å². The molecule has 2 aromatic rings. The molecule has 1 heterocycles. The normalized spacial score (nSPS) is 16.1. The fourth-order valence-electron chi connectivity index (χ4n) is 2.43. The molecule has 0 aromatic heterocycles. The van der Waals surface area contributed by atoms with Crippen LogP contribution in [0.3, 0.4) is 0 Å². The second-order valence-corrected chi connectivity index (χ2v) is 7.02. The molecule has 2 nitrogen and oxygen atoms in total. The smallest absolute Gasteiger partial charge is 0.183 e. The molecule has 1 fully saturated rings. The Morgan fingerprint density at radius 2 is 1.53 bits per heavy atom. The van der Waals surface area contributed by atoms with Crippen molar-refractivity contribution >= 4 is 19.2 Å². The second-order valence-electron chi connectivity index (χ2n) is 4.65. The van der Waals surface area contributed by atoms with E-state index >= 15 is 0 Å². The topological polar surface area (TPSA) is 18.5 Å². The molecule has 0 bridgehead atoms. The van der Waals surface area contributed by atoms with E-state index in [9.17, 15) is 0 Å². The third-order valence-corrected chi connectivity index (χ3v) is 5.91. The summed E-state index contributed by atoms with van der Waals surface area (Å²) >= 11 is 0. The molecular weight excluding hydrogens is 252 g/mol. The fourth-order valence-corrected chi connectivity index (χ4v) is 4.41. The molecule has 2 aromatic carbocycles. The number of hydrogen-bond donors (Lipinski definition) is 0. The van der Waals surface area contributed by atoms with Gasteiger partial charge >= 0.3 is 0 Å². The minimum Gasteiger partial charge on any atom is -0.346 e. The minimum atomic E-state index is -0.771. The van der Waals surface area contributed by atoms with Crippen molar-refractivity contribution in [1.29, 1.82) is 0 Å². The molecule has 0 amide bonds. The van der Waals surface area contributed by atoms with Crippen LogP contribution in [0.25, 0.3) is 0 Å². The summed E-state index contributed by atoms with van der Waals surface area (Å²) in [5.74, 6) is 0. The van der Waals surface area contributed by atoms with E-state index in [2.05, 4.69) is 61.1 Å². The molecule has 1 aliphatic rings. The Balaban J connectivity index is 1.96. The third kappa shape index (κ3) is 2.63. The van der Waals surface area contributed by atoms with E-state index in [0.29, 0.717) is 13.2 Å². The number of hydrogen-bond acceptors (Lipinski definition) is 2. The van der Waals surface area contributed by atoms with Gasteiger partial charge in [0.2, 0.25) is 0 Å². The highest BCUT2D eigenvalue weighted by Crippen LogP contribution is 2.21. The molecule has 0 unspecified atom stereocenters. The molecule has 1 radical (unpaired) electrons. The van der Waals surface area contributed by atoms with Crippen LogP contribution in [0.15, 0.2) is 54.6 Å². The molecule has 19 heavy (non-hydrogen) atoms. The summed E-state index contributed by atoms with van der Waals surface area (Å²) in [6, 6.07) is 19.2. The predicted molar refractivity (Wildman–Crippen MR) is 78.4 cm³/mol. The van der Waals surface area contributed by atoms with Gasteiger partial charge in [0.05, 0.1) is 13.2 Å². The van der Waals surface area contributed by atoms with Gasteiger partial charge in [0, 0.05) is 5.56 Å². The Morgan fingerprint density at radius 1 is 0.895 bits per heavy atom. The Hall–Kier alpha value is -1.42. The zero-order chi connectivity index (χ0) is 13.1. The maximum atomic E-state index is 5.66. The molecule has 0 N–H and O–H groups in total. The summed E-state index contributed by atoms with van der Waals surface area (Å²) in [5, 5.41) is 2.79. The summed E-state index contributed by atoms with van der Waals surface area (Å²) < 4.78 is 11.3. The molecule has 1 aliphatic heterocycles. The quantitative estimate of drug-likeness (QED) is 0.793. The molecule has 97 valence electrons. The highest BCUT2D eigenvalue weighted by Gasteiger charge is 2.24. The van der Waals surface area contributed by atoms with E-state index in [1.54, 1.807) is 0 Å². The van der Waals surface area contributed by atoms with Crippen LogP contribution in [-0.4, -0.2) is 22.0 Å². The second kappa shape index (κ2) is 5.69. The average Bonchev–Trinajstić information content (AvgIpc) is 3.01. The number of benzene rings is 2. The van der Waals surface area contributed by atoms with Gasteiger partial charge in [-0.05, 0) is 5.19 Å². The summed E-state index contributed by atoms with van der Waals surface area (Å²) in [7, 11) is -0.771. The van der Waals surface area contributed by atoms with Crippen molar-refractivity contribution in [3.8, 4) is 0 Å².